The minimum atomic E-state index is -0.277. The van der Waals surface area contributed by atoms with Crippen LogP contribution in [0.5, 0.6) is 0 Å². The SMILES string of the molecule is Cc1cc(C)c(C(NN)c2ccc(F)c(Br)c2)cc1C. The van der Waals surface area contributed by atoms with Gasteiger partial charge in [0.1, 0.15) is 5.82 Å². The third kappa shape index (κ3) is 2.92. The maximum absolute atomic E-state index is 13.4. The van der Waals surface area contributed by atoms with Gasteiger partial charge >= 0.3 is 0 Å². The number of aryl methyl sites for hydroxylation is 3. The van der Waals surface area contributed by atoms with Gasteiger partial charge in [0.25, 0.3) is 0 Å². The molecule has 1 atom stereocenters. The van der Waals surface area contributed by atoms with E-state index in [1.807, 2.05) is 0 Å². The van der Waals surface area contributed by atoms with Crippen LogP contribution in [-0.2, 0) is 0 Å². The molecule has 0 fully saturated rings. The van der Waals surface area contributed by atoms with Crippen LogP contribution in [-0.4, -0.2) is 0 Å². The van der Waals surface area contributed by atoms with E-state index in [1.54, 1.807) is 12.1 Å². The van der Waals surface area contributed by atoms with Gasteiger partial charge < -0.3 is 0 Å². The van der Waals surface area contributed by atoms with E-state index in [9.17, 15) is 4.39 Å². The first-order chi connectivity index (χ1) is 9.43. The Morgan fingerprint density at radius 2 is 1.70 bits per heavy atom. The second kappa shape index (κ2) is 6.04. The summed E-state index contributed by atoms with van der Waals surface area (Å²) in [6.07, 6.45) is 0. The molecule has 20 heavy (non-hydrogen) atoms. The van der Waals surface area contributed by atoms with Gasteiger partial charge in [0.15, 0.2) is 0 Å². The zero-order chi connectivity index (χ0) is 14.9. The van der Waals surface area contributed by atoms with E-state index < -0.39 is 0 Å². The molecule has 0 aliphatic rings. The lowest BCUT2D eigenvalue weighted by molar-refractivity contribution is 0.609. The Hall–Kier alpha value is -1.23. The van der Waals surface area contributed by atoms with Gasteiger partial charge in [-0.1, -0.05) is 18.2 Å². The summed E-state index contributed by atoms with van der Waals surface area (Å²) in [6, 6.07) is 9.07. The third-order valence-corrected chi connectivity index (χ3v) is 4.24. The third-order valence-electron chi connectivity index (χ3n) is 3.64. The van der Waals surface area contributed by atoms with E-state index in [0.29, 0.717) is 4.47 Å². The summed E-state index contributed by atoms with van der Waals surface area (Å²) >= 11 is 3.22. The van der Waals surface area contributed by atoms with Gasteiger partial charge in [-0.05, 0) is 76.7 Å². The number of hydrogen-bond acceptors (Lipinski definition) is 2. The molecule has 0 spiro atoms. The van der Waals surface area contributed by atoms with Crippen molar-refractivity contribution >= 4 is 15.9 Å². The Balaban J connectivity index is 2.52. The molecular formula is C16H18BrFN2. The fraction of sp³-hybridized carbons (Fsp3) is 0.250. The van der Waals surface area contributed by atoms with Gasteiger partial charge in [-0.2, -0.15) is 0 Å². The Morgan fingerprint density at radius 1 is 1.05 bits per heavy atom. The maximum atomic E-state index is 13.4. The number of halogens is 2. The molecule has 0 aliphatic carbocycles. The highest BCUT2D eigenvalue weighted by atomic mass is 79.9. The summed E-state index contributed by atoms with van der Waals surface area (Å²) in [5.74, 6) is 5.45. The lowest BCUT2D eigenvalue weighted by Crippen LogP contribution is -2.29. The molecule has 106 valence electrons. The normalized spacial score (nSPS) is 12.5. The van der Waals surface area contributed by atoms with Gasteiger partial charge in [0.2, 0.25) is 0 Å². The van der Waals surface area contributed by atoms with Gasteiger partial charge in [-0.15, -0.1) is 0 Å². The largest absolute Gasteiger partial charge is 0.271 e. The molecule has 2 rings (SSSR count). The zero-order valence-electron chi connectivity index (χ0n) is 11.8. The van der Waals surface area contributed by atoms with Crippen LogP contribution in [0.15, 0.2) is 34.8 Å². The van der Waals surface area contributed by atoms with E-state index in [2.05, 4.69) is 54.3 Å². The minimum absolute atomic E-state index is 0.161. The molecule has 0 bridgehead atoms. The molecule has 4 heteroatoms. The molecule has 3 N–H and O–H groups in total. The average Bonchev–Trinajstić information content (AvgIpc) is 2.40. The number of rotatable bonds is 3. The Morgan fingerprint density at radius 3 is 2.30 bits per heavy atom. The maximum Gasteiger partial charge on any atom is 0.137 e. The fourth-order valence-corrected chi connectivity index (χ4v) is 2.75. The van der Waals surface area contributed by atoms with Crippen LogP contribution in [0.3, 0.4) is 0 Å². The summed E-state index contributed by atoms with van der Waals surface area (Å²) in [5, 5.41) is 0. The van der Waals surface area contributed by atoms with Crippen molar-refractivity contribution in [3.8, 4) is 0 Å². The van der Waals surface area contributed by atoms with Crippen molar-refractivity contribution in [3.05, 3.63) is 68.4 Å². The predicted octanol–water partition coefficient (Wildman–Crippen LogP) is 4.07. The first-order valence-electron chi connectivity index (χ1n) is 6.43. The van der Waals surface area contributed by atoms with Gasteiger partial charge in [-0.3, -0.25) is 5.84 Å². The smallest absolute Gasteiger partial charge is 0.137 e. The quantitative estimate of drug-likeness (QED) is 0.655. The Labute approximate surface area is 127 Å². The average molecular weight is 337 g/mol. The van der Waals surface area contributed by atoms with Crippen LogP contribution in [0.1, 0.15) is 33.9 Å². The summed E-state index contributed by atoms with van der Waals surface area (Å²) in [4.78, 5) is 0. The lowest BCUT2D eigenvalue weighted by atomic mass is 9.92. The standard InChI is InChI=1S/C16H18BrFN2/c1-9-6-11(3)13(7-10(9)2)16(20-19)12-4-5-15(18)14(17)8-12/h4-8,16,20H,19H2,1-3H3. The van der Waals surface area contributed by atoms with Crippen LogP contribution >= 0.6 is 15.9 Å². The van der Waals surface area contributed by atoms with Crippen molar-refractivity contribution in [1.82, 2.24) is 5.43 Å². The first-order valence-corrected chi connectivity index (χ1v) is 7.22. The number of nitrogens with one attached hydrogen (secondary N) is 1. The first kappa shape index (κ1) is 15.2. The molecule has 2 aromatic rings. The molecule has 0 aliphatic heterocycles. The van der Waals surface area contributed by atoms with E-state index >= 15 is 0 Å². The molecule has 2 nitrogen and oxygen atoms in total. The number of hydrogen-bond donors (Lipinski definition) is 2. The van der Waals surface area contributed by atoms with Crippen LogP contribution < -0.4 is 11.3 Å². The Kier molecular flexibility index (Phi) is 4.58. The van der Waals surface area contributed by atoms with Gasteiger partial charge in [0, 0.05) is 0 Å². The number of nitrogens with two attached hydrogens (primary N) is 1. The van der Waals surface area contributed by atoms with Crippen molar-refractivity contribution in [2.45, 2.75) is 26.8 Å². The van der Waals surface area contributed by atoms with Crippen molar-refractivity contribution < 1.29 is 4.39 Å². The highest BCUT2D eigenvalue weighted by Crippen LogP contribution is 2.29. The monoisotopic (exact) mass is 336 g/mol. The molecule has 0 radical (unpaired) electrons. The van der Waals surface area contributed by atoms with Gasteiger partial charge in [-0.25, -0.2) is 9.82 Å². The number of benzene rings is 2. The van der Waals surface area contributed by atoms with Crippen molar-refractivity contribution in [1.29, 1.82) is 0 Å². The van der Waals surface area contributed by atoms with E-state index in [4.69, 9.17) is 5.84 Å². The van der Waals surface area contributed by atoms with Crippen molar-refractivity contribution in [3.63, 3.8) is 0 Å². The molecule has 0 saturated carbocycles. The molecule has 0 saturated heterocycles. The second-order valence-electron chi connectivity index (χ2n) is 5.07. The topological polar surface area (TPSA) is 38.0 Å². The molecule has 1 unspecified atom stereocenters. The summed E-state index contributed by atoms with van der Waals surface area (Å²) in [5.41, 5.74) is 8.48. The van der Waals surface area contributed by atoms with E-state index in [1.165, 1.54) is 17.2 Å². The van der Waals surface area contributed by atoms with Gasteiger partial charge in [0.05, 0.1) is 10.5 Å². The second-order valence-corrected chi connectivity index (χ2v) is 5.92. The minimum Gasteiger partial charge on any atom is -0.271 e. The van der Waals surface area contributed by atoms with E-state index in [-0.39, 0.29) is 11.9 Å². The highest BCUT2D eigenvalue weighted by molar-refractivity contribution is 9.10. The molecule has 2 aromatic carbocycles. The fourth-order valence-electron chi connectivity index (χ4n) is 2.35. The van der Waals surface area contributed by atoms with Crippen molar-refractivity contribution in [2.24, 2.45) is 5.84 Å². The van der Waals surface area contributed by atoms with Crippen LogP contribution in [0.2, 0.25) is 0 Å². The van der Waals surface area contributed by atoms with Crippen molar-refractivity contribution in [2.75, 3.05) is 0 Å². The van der Waals surface area contributed by atoms with Crippen LogP contribution in [0.4, 0.5) is 4.39 Å². The number of hydrazine groups is 1. The summed E-state index contributed by atoms with van der Waals surface area (Å²) in [7, 11) is 0. The van der Waals surface area contributed by atoms with E-state index in [0.717, 1.165) is 16.7 Å². The summed E-state index contributed by atoms with van der Waals surface area (Å²) < 4.78 is 13.8. The van der Waals surface area contributed by atoms with Crippen LogP contribution in [0.25, 0.3) is 0 Å². The summed E-state index contributed by atoms with van der Waals surface area (Å²) in [6.45, 7) is 6.22. The predicted molar refractivity (Wildman–Crippen MR) is 83.9 cm³/mol. The zero-order valence-corrected chi connectivity index (χ0v) is 13.4. The Bertz CT molecular complexity index is 641. The van der Waals surface area contributed by atoms with Crippen LogP contribution in [0, 0.1) is 26.6 Å². The lowest BCUT2D eigenvalue weighted by Gasteiger charge is -2.21. The molecular weight excluding hydrogens is 319 g/mol. The molecule has 0 aromatic heterocycles. The highest BCUT2D eigenvalue weighted by Gasteiger charge is 2.16. The molecule has 0 heterocycles. The molecule has 0 amide bonds.